The number of halogens is 6. The summed E-state index contributed by atoms with van der Waals surface area (Å²) in [4.78, 5) is 24.5. The van der Waals surface area contributed by atoms with Crippen molar-refractivity contribution in [3.63, 3.8) is 0 Å². The molecule has 0 aromatic heterocycles. The van der Waals surface area contributed by atoms with E-state index in [1.807, 2.05) is 0 Å². The molecule has 2 heterocycles. The normalized spacial score (nSPS) is 19.0. The molecule has 146 valence electrons. The molecule has 1 unspecified atom stereocenters. The molecule has 0 spiro atoms. The van der Waals surface area contributed by atoms with Crippen molar-refractivity contribution in [1.82, 2.24) is 0 Å². The van der Waals surface area contributed by atoms with E-state index in [9.17, 15) is 35.9 Å². The minimum absolute atomic E-state index is 0.0286. The minimum Gasteiger partial charge on any atom is -0.325 e. The highest BCUT2D eigenvalue weighted by molar-refractivity contribution is 6.06. The molecule has 0 saturated heterocycles. The first-order chi connectivity index (χ1) is 12.3. The molecule has 0 bridgehead atoms. The third-order valence-electron chi connectivity index (χ3n) is 4.58. The summed E-state index contributed by atoms with van der Waals surface area (Å²) in [7, 11) is 0. The number of hydrogen-bond acceptors (Lipinski definition) is 2. The number of carbonyl (C=O) groups is 2. The Hall–Kier alpha value is -2.52. The molecule has 1 aromatic rings. The lowest BCUT2D eigenvalue weighted by Crippen LogP contribution is -2.43. The number of alkyl halides is 6. The molecule has 0 fully saturated rings. The van der Waals surface area contributed by atoms with Gasteiger partial charge in [-0.25, -0.2) is 0 Å². The Morgan fingerprint density at radius 3 is 2.41 bits per heavy atom. The van der Waals surface area contributed by atoms with Gasteiger partial charge in [-0.2, -0.15) is 26.3 Å². The van der Waals surface area contributed by atoms with E-state index in [1.165, 1.54) is 6.08 Å². The van der Waals surface area contributed by atoms with Crippen LogP contribution in [-0.4, -0.2) is 24.0 Å². The van der Waals surface area contributed by atoms with Gasteiger partial charge in [0.25, 0.3) is 0 Å². The van der Waals surface area contributed by atoms with Crippen LogP contribution < -0.4 is 10.2 Å². The van der Waals surface area contributed by atoms with Crippen LogP contribution in [-0.2, 0) is 22.2 Å². The van der Waals surface area contributed by atoms with Gasteiger partial charge < -0.3 is 10.2 Å². The molecule has 2 aliphatic heterocycles. The Morgan fingerprint density at radius 2 is 1.89 bits per heavy atom. The van der Waals surface area contributed by atoms with Gasteiger partial charge in [0.05, 0.1) is 35.8 Å². The maximum Gasteiger partial charge on any atom is 0.418 e. The first-order valence-corrected chi connectivity index (χ1v) is 7.92. The first-order valence-electron chi connectivity index (χ1n) is 7.92. The molecule has 4 nitrogen and oxygen atoms in total. The van der Waals surface area contributed by atoms with Gasteiger partial charge in [-0.3, -0.25) is 9.59 Å². The van der Waals surface area contributed by atoms with E-state index in [0.29, 0.717) is 0 Å². The second kappa shape index (κ2) is 6.00. The molecule has 10 heteroatoms. The quantitative estimate of drug-likeness (QED) is 0.728. The standard InChI is InChI=1S/C17H14F6N2O2/c1-7-13(17(21,22)23)14-11(5-12(27)24-14)10-4-3-9(6-16(18,19)20)25(8(2)26)15(7)10/h3-4,9H,5-6H2,1-2H3,(H,24,27). The summed E-state index contributed by atoms with van der Waals surface area (Å²) in [5.41, 5.74) is -1.99. The highest BCUT2D eigenvalue weighted by Gasteiger charge is 2.45. The Balaban J connectivity index is 2.30. The number of hydrogen-bond donors (Lipinski definition) is 1. The number of rotatable bonds is 1. The highest BCUT2D eigenvalue weighted by atomic mass is 19.4. The fourth-order valence-corrected chi connectivity index (χ4v) is 3.69. The summed E-state index contributed by atoms with van der Waals surface area (Å²) in [5, 5.41) is 2.18. The van der Waals surface area contributed by atoms with Gasteiger partial charge in [0.1, 0.15) is 0 Å². The SMILES string of the molecule is CC(=O)N1c2c(C)c(C(F)(F)F)c3c(c2C=CC1CC(F)(F)F)CC(=O)N3. The summed E-state index contributed by atoms with van der Waals surface area (Å²) in [6, 6.07) is -1.46. The molecule has 1 atom stereocenters. The van der Waals surface area contributed by atoms with Gasteiger partial charge >= 0.3 is 12.4 Å². The van der Waals surface area contributed by atoms with E-state index in [2.05, 4.69) is 5.32 Å². The summed E-state index contributed by atoms with van der Waals surface area (Å²) in [6.45, 7) is 2.09. The molecular formula is C17H14F6N2O2. The van der Waals surface area contributed by atoms with Crippen LogP contribution in [0.2, 0.25) is 0 Å². The molecular weight excluding hydrogens is 378 g/mol. The number of nitrogens with one attached hydrogen (secondary N) is 1. The van der Waals surface area contributed by atoms with Crippen molar-refractivity contribution in [2.75, 3.05) is 10.2 Å². The van der Waals surface area contributed by atoms with E-state index in [4.69, 9.17) is 0 Å². The van der Waals surface area contributed by atoms with Gasteiger partial charge in [-0.1, -0.05) is 12.2 Å². The van der Waals surface area contributed by atoms with Gasteiger partial charge in [0.2, 0.25) is 11.8 Å². The van der Waals surface area contributed by atoms with Crippen molar-refractivity contribution in [2.24, 2.45) is 0 Å². The Morgan fingerprint density at radius 1 is 1.26 bits per heavy atom. The lowest BCUT2D eigenvalue weighted by molar-refractivity contribution is -0.139. The van der Waals surface area contributed by atoms with Crippen LogP contribution in [0.4, 0.5) is 37.7 Å². The summed E-state index contributed by atoms with van der Waals surface area (Å²) >= 11 is 0. The molecule has 27 heavy (non-hydrogen) atoms. The maximum absolute atomic E-state index is 13.6. The zero-order chi connectivity index (χ0) is 20.3. The van der Waals surface area contributed by atoms with Gasteiger partial charge in [-0.05, 0) is 18.1 Å². The third kappa shape index (κ3) is 3.28. The summed E-state index contributed by atoms with van der Waals surface area (Å²) < 4.78 is 79.6. The van der Waals surface area contributed by atoms with Crippen LogP contribution in [0.15, 0.2) is 6.08 Å². The van der Waals surface area contributed by atoms with Crippen LogP contribution in [0.5, 0.6) is 0 Å². The zero-order valence-electron chi connectivity index (χ0n) is 14.2. The second-order valence-electron chi connectivity index (χ2n) is 6.47. The fraction of sp³-hybridized carbons (Fsp3) is 0.412. The number of nitrogens with zero attached hydrogens (tertiary/aromatic N) is 1. The van der Waals surface area contributed by atoms with Crippen molar-refractivity contribution in [3.8, 4) is 0 Å². The van der Waals surface area contributed by atoms with E-state index in [1.54, 1.807) is 0 Å². The van der Waals surface area contributed by atoms with Crippen molar-refractivity contribution in [1.29, 1.82) is 0 Å². The molecule has 0 radical (unpaired) electrons. The molecule has 3 rings (SSSR count). The predicted molar refractivity (Wildman–Crippen MR) is 85.2 cm³/mol. The molecule has 1 aromatic carbocycles. The number of amides is 2. The van der Waals surface area contributed by atoms with Crippen LogP contribution in [0, 0.1) is 6.92 Å². The van der Waals surface area contributed by atoms with Crippen LogP contribution >= 0.6 is 0 Å². The van der Waals surface area contributed by atoms with Crippen molar-refractivity contribution < 1.29 is 35.9 Å². The summed E-state index contributed by atoms with van der Waals surface area (Å²) in [6.07, 6.45) is -8.82. The fourth-order valence-electron chi connectivity index (χ4n) is 3.69. The Kier molecular flexibility index (Phi) is 4.28. The van der Waals surface area contributed by atoms with E-state index < -0.39 is 53.4 Å². The maximum atomic E-state index is 13.6. The molecule has 2 aliphatic rings. The van der Waals surface area contributed by atoms with Gasteiger partial charge in [0.15, 0.2) is 0 Å². The lowest BCUT2D eigenvalue weighted by Gasteiger charge is -2.36. The number of benzene rings is 1. The molecule has 0 aliphatic carbocycles. The average Bonchev–Trinajstić information content (AvgIpc) is 2.84. The number of fused-ring (bicyclic) bond motifs is 3. The van der Waals surface area contributed by atoms with Crippen molar-refractivity contribution in [3.05, 3.63) is 28.3 Å². The first kappa shape index (κ1) is 19.2. The number of anilines is 2. The van der Waals surface area contributed by atoms with E-state index in [-0.39, 0.29) is 23.2 Å². The van der Waals surface area contributed by atoms with Gasteiger partial charge in [0, 0.05) is 12.5 Å². The predicted octanol–water partition coefficient (Wildman–Crippen LogP) is 4.21. The third-order valence-corrected chi connectivity index (χ3v) is 4.58. The Labute approximate surface area is 149 Å². The molecule has 1 N–H and O–H groups in total. The van der Waals surface area contributed by atoms with Gasteiger partial charge in [-0.15, -0.1) is 0 Å². The van der Waals surface area contributed by atoms with Crippen LogP contribution in [0.1, 0.15) is 35.6 Å². The highest BCUT2D eigenvalue weighted by Crippen LogP contribution is 2.49. The molecule has 2 amide bonds. The Bertz CT molecular complexity index is 870. The average molecular weight is 392 g/mol. The second-order valence-corrected chi connectivity index (χ2v) is 6.47. The zero-order valence-corrected chi connectivity index (χ0v) is 14.2. The topological polar surface area (TPSA) is 49.4 Å². The smallest absolute Gasteiger partial charge is 0.325 e. The van der Waals surface area contributed by atoms with Crippen LogP contribution in [0.25, 0.3) is 6.08 Å². The largest absolute Gasteiger partial charge is 0.418 e. The van der Waals surface area contributed by atoms with Crippen molar-refractivity contribution >= 4 is 29.3 Å². The van der Waals surface area contributed by atoms with Crippen molar-refractivity contribution in [2.45, 2.75) is 45.1 Å². The lowest BCUT2D eigenvalue weighted by atomic mass is 9.88. The minimum atomic E-state index is -4.86. The summed E-state index contributed by atoms with van der Waals surface area (Å²) in [5.74, 6) is -1.47. The van der Waals surface area contributed by atoms with Crippen LogP contribution in [0.3, 0.4) is 0 Å². The van der Waals surface area contributed by atoms with E-state index in [0.717, 1.165) is 24.8 Å². The monoisotopic (exact) mass is 392 g/mol. The molecule has 0 saturated carbocycles. The number of carbonyl (C=O) groups excluding carboxylic acids is 2. The van der Waals surface area contributed by atoms with E-state index >= 15 is 0 Å².